The number of hydrogen-bond acceptors (Lipinski definition) is 7. The summed E-state index contributed by atoms with van der Waals surface area (Å²) in [4.78, 5) is 0. The zero-order valence-corrected chi connectivity index (χ0v) is 15.7. The molecule has 142 valence electrons. The first-order chi connectivity index (χ1) is 11.7. The highest BCUT2D eigenvalue weighted by Crippen LogP contribution is 2.24. The quantitative estimate of drug-likeness (QED) is 0.401. The van der Waals surface area contributed by atoms with Crippen LogP contribution in [0.1, 0.15) is 39.0 Å². The van der Waals surface area contributed by atoms with Crippen molar-refractivity contribution in [3.05, 3.63) is 0 Å². The van der Waals surface area contributed by atoms with Crippen LogP contribution in [0, 0.1) is 0 Å². The average Bonchev–Trinajstić information content (AvgIpc) is 2.62. The number of nitrogens with one attached hydrogen (secondary N) is 5. The van der Waals surface area contributed by atoms with Crippen molar-refractivity contribution < 1.29 is 9.47 Å². The van der Waals surface area contributed by atoms with Crippen molar-refractivity contribution in [1.29, 1.82) is 0 Å². The molecule has 0 aromatic heterocycles. The van der Waals surface area contributed by atoms with Crippen LogP contribution in [0.15, 0.2) is 0 Å². The van der Waals surface area contributed by atoms with Crippen molar-refractivity contribution in [2.45, 2.75) is 75.8 Å². The summed E-state index contributed by atoms with van der Waals surface area (Å²) in [6.45, 7) is 3.98. The minimum Gasteiger partial charge on any atom is -0.379 e. The van der Waals surface area contributed by atoms with Crippen LogP contribution >= 0.6 is 0 Å². The molecule has 1 heterocycles. The van der Waals surface area contributed by atoms with Gasteiger partial charge in [0.1, 0.15) is 6.29 Å². The maximum atomic E-state index is 6.16. The molecule has 1 aliphatic carbocycles. The molecule has 1 aliphatic heterocycles. The van der Waals surface area contributed by atoms with Gasteiger partial charge < -0.3 is 20.1 Å². The predicted octanol–water partition coefficient (Wildman–Crippen LogP) is -0.0613. The Hall–Kier alpha value is -0.280. The first kappa shape index (κ1) is 20.0. The van der Waals surface area contributed by atoms with Gasteiger partial charge in [-0.15, -0.1) is 0 Å². The van der Waals surface area contributed by atoms with Crippen LogP contribution in [0.4, 0.5) is 0 Å². The van der Waals surface area contributed by atoms with Crippen molar-refractivity contribution in [1.82, 2.24) is 26.6 Å². The largest absolute Gasteiger partial charge is 0.379 e. The van der Waals surface area contributed by atoms with Crippen LogP contribution in [-0.4, -0.2) is 71.1 Å². The summed E-state index contributed by atoms with van der Waals surface area (Å²) in [6, 6.07) is 0.932. The molecule has 0 bridgehead atoms. The maximum absolute atomic E-state index is 6.16. The van der Waals surface area contributed by atoms with E-state index in [1.54, 1.807) is 7.11 Å². The number of methoxy groups -OCH3 is 1. The van der Waals surface area contributed by atoms with Crippen LogP contribution in [0.25, 0.3) is 0 Å². The van der Waals surface area contributed by atoms with E-state index in [-0.39, 0.29) is 18.5 Å². The maximum Gasteiger partial charge on any atom is 0.113 e. The molecule has 0 aromatic carbocycles. The number of hydrogen-bond donors (Lipinski definition) is 5. The normalized spacial score (nSPS) is 35.8. The third-order valence-electron chi connectivity index (χ3n) is 5.31. The van der Waals surface area contributed by atoms with Gasteiger partial charge in [-0.05, 0) is 53.1 Å². The minimum absolute atomic E-state index is 0.158. The summed E-state index contributed by atoms with van der Waals surface area (Å²) in [7, 11) is 5.79. The summed E-state index contributed by atoms with van der Waals surface area (Å²) in [6.07, 6.45) is 6.20. The topological polar surface area (TPSA) is 78.6 Å². The van der Waals surface area contributed by atoms with Crippen molar-refractivity contribution >= 4 is 0 Å². The fourth-order valence-corrected chi connectivity index (χ4v) is 3.52. The molecular weight excluding hydrogens is 306 g/mol. The smallest absolute Gasteiger partial charge is 0.113 e. The molecule has 0 aromatic rings. The molecule has 2 rings (SSSR count). The fourth-order valence-electron chi connectivity index (χ4n) is 3.52. The van der Waals surface area contributed by atoms with E-state index in [0.717, 1.165) is 45.3 Å². The van der Waals surface area contributed by atoms with E-state index in [1.165, 1.54) is 0 Å². The Morgan fingerprint density at radius 2 is 2.00 bits per heavy atom. The highest BCUT2D eigenvalue weighted by molar-refractivity contribution is 4.88. The molecule has 5 N–H and O–H groups in total. The van der Waals surface area contributed by atoms with Gasteiger partial charge in [-0.2, -0.15) is 0 Å². The van der Waals surface area contributed by atoms with Gasteiger partial charge in [0.05, 0.1) is 18.4 Å². The standard InChI is InChI=1S/C17H37N5O2/c1-12(18-2)8-10-24-15-11-13(5-6-14(15)23-4)21-17-20-9-7-16(19-3)22-17/h12-22H,5-11H2,1-4H3. The summed E-state index contributed by atoms with van der Waals surface area (Å²) in [5, 5.41) is 17.3. The molecule has 1 saturated heterocycles. The Kier molecular flexibility index (Phi) is 8.89. The van der Waals surface area contributed by atoms with Crippen LogP contribution in [0.2, 0.25) is 0 Å². The third kappa shape index (κ3) is 6.22. The van der Waals surface area contributed by atoms with E-state index < -0.39 is 0 Å². The lowest BCUT2D eigenvalue weighted by atomic mass is 9.90. The number of ether oxygens (including phenoxy) is 2. The Balaban J connectivity index is 1.78. The van der Waals surface area contributed by atoms with Crippen LogP contribution in [-0.2, 0) is 9.47 Å². The molecule has 0 spiro atoms. The van der Waals surface area contributed by atoms with Gasteiger partial charge in [0, 0.05) is 32.3 Å². The van der Waals surface area contributed by atoms with E-state index in [1.807, 2.05) is 14.1 Å². The summed E-state index contributed by atoms with van der Waals surface area (Å²) < 4.78 is 11.8. The zero-order chi connectivity index (χ0) is 17.4. The summed E-state index contributed by atoms with van der Waals surface area (Å²) in [5.41, 5.74) is 0. The molecule has 6 atom stereocenters. The monoisotopic (exact) mass is 343 g/mol. The molecule has 24 heavy (non-hydrogen) atoms. The summed E-state index contributed by atoms with van der Waals surface area (Å²) >= 11 is 0. The van der Waals surface area contributed by atoms with Gasteiger partial charge in [0.15, 0.2) is 0 Å². The lowest BCUT2D eigenvalue weighted by molar-refractivity contribution is -0.0853. The second-order valence-electron chi connectivity index (χ2n) is 7.02. The molecule has 0 radical (unpaired) electrons. The van der Waals surface area contributed by atoms with Crippen LogP contribution in [0.5, 0.6) is 0 Å². The fraction of sp³-hybridized carbons (Fsp3) is 1.00. The Morgan fingerprint density at radius 3 is 2.71 bits per heavy atom. The van der Waals surface area contributed by atoms with E-state index in [2.05, 4.69) is 33.5 Å². The van der Waals surface area contributed by atoms with Gasteiger partial charge in [0.25, 0.3) is 0 Å². The van der Waals surface area contributed by atoms with Crippen LogP contribution < -0.4 is 26.6 Å². The lowest BCUT2D eigenvalue weighted by Crippen LogP contribution is -2.65. The molecule has 1 saturated carbocycles. The van der Waals surface area contributed by atoms with E-state index in [9.17, 15) is 0 Å². The Morgan fingerprint density at radius 1 is 1.17 bits per heavy atom. The first-order valence-electron chi connectivity index (χ1n) is 9.40. The predicted molar refractivity (Wildman–Crippen MR) is 96.8 cm³/mol. The summed E-state index contributed by atoms with van der Waals surface area (Å²) in [5.74, 6) is 0. The highest BCUT2D eigenvalue weighted by atomic mass is 16.5. The minimum atomic E-state index is 0.158. The SMILES string of the molecule is CNC(C)CCOC1CC(NC2NCCC(NC)N2)CCC1OC. The van der Waals surface area contributed by atoms with Crippen molar-refractivity contribution in [2.75, 3.05) is 34.4 Å². The second kappa shape index (κ2) is 10.7. The molecule has 7 nitrogen and oxygen atoms in total. The van der Waals surface area contributed by atoms with Gasteiger partial charge >= 0.3 is 0 Å². The zero-order valence-electron chi connectivity index (χ0n) is 15.7. The number of rotatable bonds is 9. The molecule has 2 aliphatic rings. The Bertz CT molecular complexity index is 347. The third-order valence-corrected chi connectivity index (χ3v) is 5.31. The van der Waals surface area contributed by atoms with Crippen molar-refractivity contribution in [3.8, 4) is 0 Å². The first-order valence-corrected chi connectivity index (χ1v) is 9.40. The van der Waals surface area contributed by atoms with Gasteiger partial charge in [-0.3, -0.25) is 16.0 Å². The van der Waals surface area contributed by atoms with E-state index >= 15 is 0 Å². The van der Waals surface area contributed by atoms with Crippen molar-refractivity contribution in [2.24, 2.45) is 0 Å². The van der Waals surface area contributed by atoms with E-state index in [0.29, 0.717) is 18.2 Å². The molecule has 0 amide bonds. The molecular formula is C17H37N5O2. The van der Waals surface area contributed by atoms with Gasteiger partial charge in [0.2, 0.25) is 0 Å². The van der Waals surface area contributed by atoms with Gasteiger partial charge in [-0.25, -0.2) is 0 Å². The molecule has 7 heteroatoms. The Labute approximate surface area is 147 Å². The lowest BCUT2D eigenvalue weighted by Gasteiger charge is -2.39. The average molecular weight is 344 g/mol. The van der Waals surface area contributed by atoms with E-state index in [4.69, 9.17) is 9.47 Å². The highest BCUT2D eigenvalue weighted by Gasteiger charge is 2.33. The molecule has 2 fully saturated rings. The second-order valence-corrected chi connectivity index (χ2v) is 7.02. The van der Waals surface area contributed by atoms with Gasteiger partial charge in [-0.1, -0.05) is 0 Å². The molecule has 6 unspecified atom stereocenters. The van der Waals surface area contributed by atoms with Crippen molar-refractivity contribution in [3.63, 3.8) is 0 Å². The van der Waals surface area contributed by atoms with Crippen LogP contribution in [0.3, 0.4) is 0 Å².